The third kappa shape index (κ3) is 2.25. The Kier molecular flexibility index (Phi) is 2.65. The Morgan fingerprint density at radius 2 is 2.30 bits per heavy atom. The van der Waals surface area contributed by atoms with Crippen LogP contribution in [-0.2, 0) is 0 Å². The number of hydrogen-bond acceptors (Lipinski definition) is 3. The smallest absolute Gasteiger partial charge is 0.0680 e. The van der Waals surface area contributed by atoms with Gasteiger partial charge in [-0.25, -0.2) is 0 Å². The number of nitrogens with zero attached hydrogens (tertiary/aromatic N) is 1. The lowest BCUT2D eigenvalue weighted by Crippen LogP contribution is -2.33. The number of aliphatic hydroxyl groups excluding tert-OH is 1. The molecule has 0 aliphatic carbocycles. The summed E-state index contributed by atoms with van der Waals surface area (Å²) in [5.74, 6) is 0. The number of nitrogens with one attached hydrogen (secondary N) is 1. The lowest BCUT2D eigenvalue weighted by molar-refractivity contribution is 0.191. The molecule has 0 spiro atoms. The molecule has 1 saturated heterocycles. The predicted octanol–water partition coefficient (Wildman–Crippen LogP) is -0.729. The third-order valence-corrected chi connectivity index (χ3v) is 1.78. The zero-order valence-corrected chi connectivity index (χ0v) is 6.67. The van der Waals surface area contributed by atoms with Gasteiger partial charge in [-0.3, -0.25) is 0 Å². The van der Waals surface area contributed by atoms with E-state index < -0.39 is 0 Å². The largest absolute Gasteiger partial charge is 0.392 e. The maximum atomic E-state index is 9.13. The third-order valence-electron chi connectivity index (χ3n) is 1.78. The first kappa shape index (κ1) is 7.98. The van der Waals surface area contributed by atoms with E-state index in [1.807, 2.05) is 14.1 Å². The molecule has 1 aliphatic rings. The van der Waals surface area contributed by atoms with Crippen molar-refractivity contribution in [2.75, 3.05) is 27.2 Å². The lowest BCUT2D eigenvalue weighted by Gasteiger charge is -2.15. The van der Waals surface area contributed by atoms with Gasteiger partial charge in [0.1, 0.15) is 0 Å². The van der Waals surface area contributed by atoms with Gasteiger partial charge in [0.2, 0.25) is 0 Å². The predicted molar refractivity (Wildman–Crippen MR) is 41.0 cm³/mol. The summed E-state index contributed by atoms with van der Waals surface area (Å²) in [7, 11) is 4.10. The van der Waals surface area contributed by atoms with E-state index >= 15 is 0 Å². The Balaban J connectivity index is 2.18. The summed E-state index contributed by atoms with van der Waals surface area (Å²) < 4.78 is 0. The Morgan fingerprint density at radius 1 is 1.60 bits per heavy atom. The van der Waals surface area contributed by atoms with Crippen LogP contribution in [0.3, 0.4) is 0 Å². The number of β-amino-alcohol motifs (C(OH)–C–C–N with tert-alkyl or cyclic N) is 1. The van der Waals surface area contributed by atoms with Crippen LogP contribution in [0.15, 0.2) is 0 Å². The molecule has 10 heavy (non-hydrogen) atoms. The van der Waals surface area contributed by atoms with Gasteiger partial charge >= 0.3 is 0 Å². The van der Waals surface area contributed by atoms with Crippen LogP contribution in [0.25, 0.3) is 0 Å². The van der Waals surface area contributed by atoms with Crippen LogP contribution in [0.5, 0.6) is 0 Å². The van der Waals surface area contributed by atoms with Crippen LogP contribution < -0.4 is 5.32 Å². The Hall–Kier alpha value is -0.120. The van der Waals surface area contributed by atoms with Gasteiger partial charge in [0.15, 0.2) is 0 Å². The molecule has 2 unspecified atom stereocenters. The molecule has 1 aliphatic heterocycles. The van der Waals surface area contributed by atoms with Crippen LogP contribution in [0, 0.1) is 0 Å². The van der Waals surface area contributed by atoms with Gasteiger partial charge in [-0.15, -0.1) is 0 Å². The fourth-order valence-electron chi connectivity index (χ4n) is 1.38. The second-order valence-corrected chi connectivity index (χ2v) is 3.26. The van der Waals surface area contributed by atoms with E-state index in [2.05, 4.69) is 10.2 Å². The van der Waals surface area contributed by atoms with E-state index in [0.29, 0.717) is 6.04 Å². The van der Waals surface area contributed by atoms with E-state index in [1.165, 1.54) is 0 Å². The van der Waals surface area contributed by atoms with E-state index in [-0.39, 0.29) is 6.10 Å². The van der Waals surface area contributed by atoms with Crippen LogP contribution in [0.2, 0.25) is 0 Å². The monoisotopic (exact) mass is 144 g/mol. The standard InChI is InChI=1S/C7H16N2O/c1-9(2)5-6-3-7(10)4-8-6/h6-8,10H,3-5H2,1-2H3. The van der Waals surface area contributed by atoms with Crippen molar-refractivity contribution in [3.05, 3.63) is 0 Å². The van der Waals surface area contributed by atoms with Crippen molar-refractivity contribution in [2.45, 2.75) is 18.6 Å². The highest BCUT2D eigenvalue weighted by atomic mass is 16.3. The Morgan fingerprint density at radius 3 is 2.70 bits per heavy atom. The lowest BCUT2D eigenvalue weighted by atomic mass is 10.2. The highest BCUT2D eigenvalue weighted by Gasteiger charge is 2.21. The molecule has 1 heterocycles. The molecule has 0 aromatic rings. The second-order valence-electron chi connectivity index (χ2n) is 3.26. The minimum Gasteiger partial charge on any atom is -0.392 e. The number of hydrogen-bond donors (Lipinski definition) is 2. The summed E-state index contributed by atoms with van der Waals surface area (Å²) in [6, 6.07) is 0.491. The van der Waals surface area contributed by atoms with E-state index in [4.69, 9.17) is 5.11 Å². The van der Waals surface area contributed by atoms with E-state index in [0.717, 1.165) is 19.5 Å². The van der Waals surface area contributed by atoms with Gasteiger partial charge in [-0.05, 0) is 20.5 Å². The van der Waals surface area contributed by atoms with Gasteiger partial charge in [0, 0.05) is 19.1 Å². The molecule has 60 valence electrons. The topological polar surface area (TPSA) is 35.5 Å². The van der Waals surface area contributed by atoms with Gasteiger partial charge in [0.05, 0.1) is 6.10 Å². The van der Waals surface area contributed by atoms with Crippen molar-refractivity contribution in [2.24, 2.45) is 0 Å². The van der Waals surface area contributed by atoms with Gasteiger partial charge in [-0.1, -0.05) is 0 Å². The molecule has 0 amide bonds. The first-order valence-corrected chi connectivity index (χ1v) is 3.74. The van der Waals surface area contributed by atoms with E-state index in [9.17, 15) is 0 Å². The zero-order chi connectivity index (χ0) is 7.56. The SMILES string of the molecule is CN(C)CC1CC(O)CN1. The molecule has 3 nitrogen and oxygen atoms in total. The Labute approximate surface area is 62.0 Å². The van der Waals surface area contributed by atoms with E-state index in [1.54, 1.807) is 0 Å². The van der Waals surface area contributed by atoms with Crippen LogP contribution in [-0.4, -0.2) is 49.3 Å². The molecule has 0 saturated carbocycles. The summed E-state index contributed by atoms with van der Waals surface area (Å²) in [4.78, 5) is 2.13. The number of rotatable bonds is 2. The summed E-state index contributed by atoms with van der Waals surface area (Å²) in [5.41, 5.74) is 0. The minimum atomic E-state index is -0.120. The molecular formula is C7H16N2O. The zero-order valence-electron chi connectivity index (χ0n) is 6.67. The first-order valence-electron chi connectivity index (χ1n) is 3.74. The molecule has 2 atom stereocenters. The quantitative estimate of drug-likeness (QED) is 0.536. The minimum absolute atomic E-state index is 0.120. The molecule has 0 radical (unpaired) electrons. The summed E-state index contributed by atoms with van der Waals surface area (Å²) >= 11 is 0. The summed E-state index contributed by atoms with van der Waals surface area (Å²) in [6.45, 7) is 1.79. The Bertz CT molecular complexity index is 106. The van der Waals surface area contributed by atoms with Crippen molar-refractivity contribution in [1.82, 2.24) is 10.2 Å². The number of aliphatic hydroxyl groups is 1. The molecule has 0 bridgehead atoms. The molecule has 0 aromatic heterocycles. The van der Waals surface area contributed by atoms with Crippen molar-refractivity contribution >= 4 is 0 Å². The van der Waals surface area contributed by atoms with Crippen LogP contribution in [0.4, 0.5) is 0 Å². The fraction of sp³-hybridized carbons (Fsp3) is 1.00. The van der Waals surface area contributed by atoms with Crippen molar-refractivity contribution in [1.29, 1.82) is 0 Å². The van der Waals surface area contributed by atoms with Gasteiger partial charge < -0.3 is 15.3 Å². The molecule has 1 rings (SSSR count). The van der Waals surface area contributed by atoms with Gasteiger partial charge in [-0.2, -0.15) is 0 Å². The first-order chi connectivity index (χ1) is 4.68. The molecular weight excluding hydrogens is 128 g/mol. The molecule has 0 aromatic carbocycles. The molecule has 1 fully saturated rings. The summed E-state index contributed by atoms with van der Waals surface area (Å²) in [5, 5.41) is 12.4. The van der Waals surface area contributed by atoms with Crippen LogP contribution >= 0.6 is 0 Å². The average molecular weight is 144 g/mol. The van der Waals surface area contributed by atoms with Gasteiger partial charge in [0.25, 0.3) is 0 Å². The van der Waals surface area contributed by atoms with Crippen molar-refractivity contribution < 1.29 is 5.11 Å². The second kappa shape index (κ2) is 3.32. The highest BCUT2D eigenvalue weighted by Crippen LogP contribution is 2.05. The number of likely N-dealkylation sites (N-methyl/N-ethyl adjacent to an activating group) is 1. The maximum Gasteiger partial charge on any atom is 0.0680 e. The van der Waals surface area contributed by atoms with Crippen LogP contribution in [0.1, 0.15) is 6.42 Å². The van der Waals surface area contributed by atoms with Crippen molar-refractivity contribution in [3.8, 4) is 0 Å². The fourth-order valence-corrected chi connectivity index (χ4v) is 1.38. The van der Waals surface area contributed by atoms with Crippen molar-refractivity contribution in [3.63, 3.8) is 0 Å². The summed E-state index contributed by atoms with van der Waals surface area (Å²) in [6.07, 6.45) is 0.781. The normalized spacial score (nSPS) is 33.6. The highest BCUT2D eigenvalue weighted by molar-refractivity contribution is 4.82. The molecule has 2 N–H and O–H groups in total. The average Bonchev–Trinajstić information content (AvgIpc) is 2.13. The maximum absolute atomic E-state index is 9.13. The molecule has 3 heteroatoms.